The molecule has 0 aromatic carbocycles. The largest absolute Gasteiger partial charge is 0.459 e. The number of hydrogen-bond donors (Lipinski definition) is 2. The number of aliphatic hydroxyl groups is 2. The van der Waals surface area contributed by atoms with Crippen LogP contribution in [-0.2, 0) is 42.9 Å². The molecule has 11 heteroatoms. The summed E-state index contributed by atoms with van der Waals surface area (Å²) in [6.45, 7) is 8.29. The Balaban J connectivity index is 1.99. The molecule has 0 aromatic heterocycles. The van der Waals surface area contributed by atoms with E-state index in [1.807, 2.05) is 0 Å². The minimum absolute atomic E-state index is 0.293. The first kappa shape index (κ1) is 27.3. The molecule has 0 unspecified atom stereocenters. The smallest absolute Gasteiger partial charge is 0.312 e. The molecular formula is C26H34O11. The minimum Gasteiger partial charge on any atom is -0.459 e. The molecule has 2 N–H and O–H groups in total. The van der Waals surface area contributed by atoms with E-state index in [0.717, 1.165) is 0 Å². The molecule has 2 heterocycles. The SMILES string of the molecule is CC(=O)O[C@@H]1[C@H](C)[C@@H]2[C@H](OC(C)=O)[C@@]3(O)[C@H](/C=C(CO)\C=C/[C@H](OC(C)=O)[C@@]2(C)[C@H]2O[C@@H]12)OC(=O)[C@@H]3C. The standard InChI is InChI=1S/C26H34O11/c1-11-19-22(35-15(5)30)26(32)12(2)24(31)36-18(26)9-16(10-27)7-8-17(33-13(3)28)25(19,6)23-21(37-23)20(11)34-14(4)29/h7-9,11-12,17-23,27,32H,10H2,1-6H3/b8-7-,16-9+/t11-,12+,17+,18+,19-,20-,21+,22+,23+,25-,26+/m1/s1. The van der Waals surface area contributed by atoms with Crippen molar-refractivity contribution in [3.63, 3.8) is 0 Å². The van der Waals surface area contributed by atoms with E-state index in [4.69, 9.17) is 23.7 Å². The first-order valence-electron chi connectivity index (χ1n) is 12.4. The normalized spacial score (nSPS) is 46.5. The van der Waals surface area contributed by atoms with Gasteiger partial charge in [-0.15, -0.1) is 0 Å². The predicted octanol–water partition coefficient (Wildman–Crippen LogP) is 0.602. The van der Waals surface area contributed by atoms with Crippen molar-refractivity contribution in [2.45, 2.75) is 83.8 Å². The van der Waals surface area contributed by atoms with Crippen LogP contribution in [-0.4, -0.2) is 82.9 Å². The van der Waals surface area contributed by atoms with Gasteiger partial charge in [-0.1, -0.05) is 19.9 Å². The quantitative estimate of drug-likeness (QED) is 0.303. The average molecular weight is 523 g/mol. The molecule has 1 saturated carbocycles. The van der Waals surface area contributed by atoms with Crippen molar-refractivity contribution in [2.75, 3.05) is 6.61 Å². The Bertz CT molecular complexity index is 1050. The Labute approximate surface area is 214 Å². The number of carbonyl (C=O) groups excluding carboxylic acids is 4. The van der Waals surface area contributed by atoms with Crippen molar-refractivity contribution in [1.29, 1.82) is 0 Å². The van der Waals surface area contributed by atoms with Crippen LogP contribution in [0.4, 0.5) is 0 Å². The number of aliphatic hydroxyl groups excluding tert-OH is 1. The maximum Gasteiger partial charge on any atom is 0.312 e. The monoisotopic (exact) mass is 522 g/mol. The van der Waals surface area contributed by atoms with E-state index in [0.29, 0.717) is 5.57 Å². The van der Waals surface area contributed by atoms with Crippen molar-refractivity contribution < 1.29 is 53.1 Å². The molecule has 11 nitrogen and oxygen atoms in total. The Morgan fingerprint density at radius 2 is 1.68 bits per heavy atom. The molecule has 4 rings (SSSR count). The summed E-state index contributed by atoms with van der Waals surface area (Å²) in [6, 6.07) is 0. The number of carbonyl (C=O) groups is 4. The fourth-order valence-corrected chi connectivity index (χ4v) is 6.54. The van der Waals surface area contributed by atoms with Crippen molar-refractivity contribution in [3.8, 4) is 0 Å². The molecule has 2 saturated heterocycles. The van der Waals surface area contributed by atoms with Gasteiger partial charge in [0.2, 0.25) is 0 Å². The lowest BCUT2D eigenvalue weighted by atomic mass is 9.54. The number of hydrogen-bond acceptors (Lipinski definition) is 11. The van der Waals surface area contributed by atoms with Crippen molar-refractivity contribution in [2.24, 2.45) is 23.2 Å². The lowest BCUT2D eigenvalue weighted by Gasteiger charge is -2.53. The first-order valence-corrected chi connectivity index (χ1v) is 12.4. The third-order valence-corrected chi connectivity index (χ3v) is 8.33. The number of fused-ring (bicyclic) bond motifs is 4. The summed E-state index contributed by atoms with van der Waals surface area (Å²) >= 11 is 0. The number of esters is 4. The van der Waals surface area contributed by atoms with Gasteiger partial charge in [0, 0.05) is 38.0 Å². The molecule has 0 amide bonds. The third kappa shape index (κ3) is 4.36. The maximum absolute atomic E-state index is 12.8. The van der Waals surface area contributed by atoms with Gasteiger partial charge in [-0.05, 0) is 24.6 Å². The van der Waals surface area contributed by atoms with E-state index in [9.17, 15) is 29.4 Å². The van der Waals surface area contributed by atoms with Gasteiger partial charge in [-0.3, -0.25) is 19.2 Å². The summed E-state index contributed by atoms with van der Waals surface area (Å²) in [5.74, 6) is -5.09. The zero-order valence-corrected chi connectivity index (χ0v) is 21.7. The van der Waals surface area contributed by atoms with Gasteiger partial charge in [0.1, 0.15) is 24.4 Å². The highest BCUT2D eigenvalue weighted by Crippen LogP contribution is 2.61. The van der Waals surface area contributed by atoms with E-state index in [-0.39, 0.29) is 0 Å². The molecule has 0 spiro atoms. The molecule has 37 heavy (non-hydrogen) atoms. The topological polar surface area (TPSA) is 158 Å². The van der Waals surface area contributed by atoms with E-state index >= 15 is 0 Å². The van der Waals surface area contributed by atoms with Crippen LogP contribution in [0.25, 0.3) is 0 Å². The fourth-order valence-electron chi connectivity index (χ4n) is 6.54. The highest BCUT2D eigenvalue weighted by Gasteiger charge is 2.74. The fraction of sp³-hybridized carbons (Fsp3) is 0.692. The Hall–Kier alpha value is -2.76. The Morgan fingerprint density at radius 1 is 1.05 bits per heavy atom. The van der Waals surface area contributed by atoms with Gasteiger partial charge in [-0.25, -0.2) is 0 Å². The summed E-state index contributed by atoms with van der Waals surface area (Å²) < 4.78 is 28.8. The van der Waals surface area contributed by atoms with Gasteiger partial charge in [0.05, 0.1) is 18.6 Å². The summed E-state index contributed by atoms with van der Waals surface area (Å²) in [4.78, 5) is 49.4. The Morgan fingerprint density at radius 3 is 2.24 bits per heavy atom. The molecule has 4 aliphatic rings. The zero-order chi connectivity index (χ0) is 27.4. The first-order chi connectivity index (χ1) is 17.3. The van der Waals surface area contributed by atoms with E-state index in [2.05, 4.69) is 0 Å². The summed E-state index contributed by atoms with van der Waals surface area (Å²) in [5.41, 5.74) is -2.90. The lowest BCUT2D eigenvalue weighted by molar-refractivity contribution is -0.218. The lowest BCUT2D eigenvalue weighted by Crippen LogP contribution is -2.67. The molecule has 0 aromatic rings. The average Bonchev–Trinajstić information content (AvgIpc) is 3.58. The second-order valence-corrected chi connectivity index (χ2v) is 10.6. The van der Waals surface area contributed by atoms with Crippen molar-refractivity contribution in [1.82, 2.24) is 0 Å². The van der Waals surface area contributed by atoms with Gasteiger partial charge in [0.15, 0.2) is 11.7 Å². The predicted molar refractivity (Wildman–Crippen MR) is 124 cm³/mol. The van der Waals surface area contributed by atoms with Crippen LogP contribution in [0.1, 0.15) is 41.5 Å². The Kier molecular flexibility index (Phi) is 7.02. The zero-order valence-electron chi connectivity index (χ0n) is 21.7. The third-order valence-electron chi connectivity index (χ3n) is 8.33. The summed E-state index contributed by atoms with van der Waals surface area (Å²) in [7, 11) is 0. The summed E-state index contributed by atoms with van der Waals surface area (Å²) in [5, 5.41) is 22.3. The van der Waals surface area contributed by atoms with Crippen LogP contribution in [0.5, 0.6) is 0 Å². The van der Waals surface area contributed by atoms with Gasteiger partial charge < -0.3 is 33.9 Å². The molecule has 0 radical (unpaired) electrons. The molecule has 2 aliphatic carbocycles. The van der Waals surface area contributed by atoms with Crippen LogP contribution < -0.4 is 0 Å². The van der Waals surface area contributed by atoms with Crippen LogP contribution in [0.2, 0.25) is 0 Å². The molecular weight excluding hydrogens is 488 g/mol. The molecule has 2 aliphatic heterocycles. The molecule has 11 atom stereocenters. The van der Waals surface area contributed by atoms with E-state index in [1.165, 1.54) is 33.8 Å². The van der Waals surface area contributed by atoms with Gasteiger partial charge in [0.25, 0.3) is 0 Å². The second-order valence-electron chi connectivity index (χ2n) is 10.6. The van der Waals surface area contributed by atoms with Crippen LogP contribution in [0, 0.1) is 23.2 Å². The van der Waals surface area contributed by atoms with E-state index < -0.39 is 95.9 Å². The van der Waals surface area contributed by atoms with Crippen molar-refractivity contribution in [3.05, 3.63) is 23.8 Å². The van der Waals surface area contributed by atoms with Gasteiger partial charge >= 0.3 is 23.9 Å². The second kappa shape index (κ2) is 9.52. The van der Waals surface area contributed by atoms with Crippen LogP contribution in [0.15, 0.2) is 23.8 Å². The van der Waals surface area contributed by atoms with Crippen molar-refractivity contribution >= 4 is 23.9 Å². The molecule has 204 valence electrons. The molecule has 3 fully saturated rings. The van der Waals surface area contributed by atoms with E-state index in [1.54, 1.807) is 26.0 Å². The van der Waals surface area contributed by atoms with Crippen LogP contribution >= 0.6 is 0 Å². The minimum atomic E-state index is -2.07. The number of ether oxygens (including phenoxy) is 5. The number of epoxide rings is 1. The maximum atomic E-state index is 12.8. The highest BCUT2D eigenvalue weighted by atomic mass is 16.6. The summed E-state index contributed by atoms with van der Waals surface area (Å²) in [6.07, 6.45) is -0.933. The highest BCUT2D eigenvalue weighted by molar-refractivity contribution is 5.78. The van der Waals surface area contributed by atoms with Crippen LogP contribution in [0.3, 0.4) is 0 Å². The number of rotatable bonds is 4. The molecule has 0 bridgehead atoms. The van der Waals surface area contributed by atoms with Gasteiger partial charge in [-0.2, -0.15) is 0 Å².